The monoisotopic (exact) mass is 177 g/mol. The molecule has 0 aromatic rings. The van der Waals surface area contributed by atoms with Crippen LogP contribution in [0.2, 0.25) is 0 Å². The lowest BCUT2D eigenvalue weighted by Gasteiger charge is -1.91. The van der Waals surface area contributed by atoms with Gasteiger partial charge in [-0.25, -0.2) is 4.99 Å². The minimum atomic E-state index is 0. The molecule has 0 bridgehead atoms. The van der Waals surface area contributed by atoms with Crippen molar-refractivity contribution in [3.8, 4) is 0 Å². The number of hydrogen-bond acceptors (Lipinski definition) is 2. The molecule has 0 saturated heterocycles. The fourth-order valence-corrected chi connectivity index (χ4v) is 0.755. The lowest BCUT2D eigenvalue weighted by atomic mass is 10.2. The molecule has 0 aliphatic carbocycles. The van der Waals surface area contributed by atoms with E-state index in [9.17, 15) is 0 Å². The van der Waals surface area contributed by atoms with E-state index >= 15 is 0 Å². The molecule has 0 aromatic heterocycles. The quantitative estimate of drug-likeness (QED) is 0.357. The maximum atomic E-state index is 4.41. The Morgan fingerprint density at radius 3 is 2.50 bits per heavy atom. The Kier molecular flexibility index (Phi) is 15.2. The second-order valence-electron chi connectivity index (χ2n) is 2.03. The lowest BCUT2D eigenvalue weighted by molar-refractivity contribution is 0.676. The highest BCUT2D eigenvalue weighted by Crippen LogP contribution is 1.97. The number of rotatable bonds is 5. The van der Waals surface area contributed by atoms with Crippen LogP contribution in [0.5, 0.6) is 0 Å². The van der Waals surface area contributed by atoms with Crippen LogP contribution in [0.25, 0.3) is 0 Å². The Morgan fingerprint density at radius 2 is 2.00 bits per heavy atom. The maximum Gasteiger partial charge on any atom is 0.0584 e. The van der Waals surface area contributed by atoms with Crippen LogP contribution in [0.15, 0.2) is 4.99 Å². The molecule has 1 nitrogen and oxygen atoms in total. The Morgan fingerprint density at radius 1 is 1.30 bits per heavy atom. The molecule has 0 spiro atoms. The fraction of sp³-hybridized carbons (Fsp3) is 0.857. The van der Waals surface area contributed by atoms with E-state index in [1.807, 2.05) is 0 Å². The molecule has 60 valence electrons. The van der Waals surface area contributed by atoms with Gasteiger partial charge in [0.25, 0.3) is 0 Å². The Hall–Kier alpha value is 0.150. The van der Waals surface area contributed by atoms with Crippen molar-refractivity contribution in [1.82, 2.24) is 0 Å². The molecule has 0 rings (SSSR count). The summed E-state index contributed by atoms with van der Waals surface area (Å²) in [4.78, 5) is 3.81. The van der Waals surface area contributed by atoms with Gasteiger partial charge >= 0.3 is 0 Å². The SMILES string of the molecule is CCCCCCN=C=S.S. The van der Waals surface area contributed by atoms with E-state index in [0.29, 0.717) is 0 Å². The van der Waals surface area contributed by atoms with Gasteiger partial charge in [0.05, 0.1) is 5.16 Å². The molecule has 0 amide bonds. The second-order valence-corrected chi connectivity index (χ2v) is 2.22. The fourth-order valence-electron chi connectivity index (χ4n) is 0.663. The van der Waals surface area contributed by atoms with Gasteiger partial charge in [-0.3, -0.25) is 0 Å². The lowest BCUT2D eigenvalue weighted by Crippen LogP contribution is -1.79. The van der Waals surface area contributed by atoms with E-state index in [-0.39, 0.29) is 13.5 Å². The van der Waals surface area contributed by atoms with Crippen molar-refractivity contribution in [1.29, 1.82) is 0 Å². The summed E-state index contributed by atoms with van der Waals surface area (Å²) in [5, 5.41) is 2.35. The van der Waals surface area contributed by atoms with Crippen LogP contribution >= 0.6 is 25.7 Å². The normalized spacial score (nSPS) is 7.70. The van der Waals surface area contributed by atoms with Crippen LogP contribution in [-0.4, -0.2) is 11.7 Å². The smallest absolute Gasteiger partial charge is 0.0584 e. The van der Waals surface area contributed by atoms with Crippen LogP contribution in [0.1, 0.15) is 32.6 Å². The van der Waals surface area contributed by atoms with Crippen LogP contribution in [0.3, 0.4) is 0 Å². The standard InChI is InChI=1S/C7H13NS.H2S/c1-2-3-4-5-6-8-7-9;/h2-6H2,1H3;1H2. The molecule has 0 radical (unpaired) electrons. The van der Waals surface area contributed by atoms with Gasteiger partial charge in [0.1, 0.15) is 0 Å². The summed E-state index contributed by atoms with van der Waals surface area (Å²) in [5.41, 5.74) is 0. The average molecular weight is 177 g/mol. The number of isothiocyanates is 1. The molecule has 0 fully saturated rings. The predicted octanol–water partition coefficient (Wildman–Crippen LogP) is 2.78. The Labute approximate surface area is 75.4 Å². The first-order valence-corrected chi connectivity index (χ1v) is 3.86. The van der Waals surface area contributed by atoms with E-state index < -0.39 is 0 Å². The van der Waals surface area contributed by atoms with Gasteiger partial charge in [-0.05, 0) is 18.6 Å². The van der Waals surface area contributed by atoms with Crippen LogP contribution < -0.4 is 0 Å². The number of nitrogens with zero attached hydrogens (tertiary/aromatic N) is 1. The molecule has 0 saturated carbocycles. The third kappa shape index (κ3) is 11.0. The summed E-state index contributed by atoms with van der Waals surface area (Å²) in [6, 6.07) is 0. The Bertz CT molecular complexity index is 97.8. The molecule has 0 aliphatic heterocycles. The zero-order valence-corrected chi connectivity index (χ0v) is 8.21. The molecule has 0 atom stereocenters. The first-order chi connectivity index (χ1) is 4.41. The molecular formula is C7H15NS2. The summed E-state index contributed by atoms with van der Waals surface area (Å²) in [6.07, 6.45) is 5.03. The van der Waals surface area contributed by atoms with Crippen molar-refractivity contribution in [2.45, 2.75) is 32.6 Å². The van der Waals surface area contributed by atoms with Gasteiger partial charge in [-0.15, -0.1) is 0 Å². The zero-order valence-electron chi connectivity index (χ0n) is 6.39. The van der Waals surface area contributed by atoms with Gasteiger partial charge in [-0.2, -0.15) is 13.5 Å². The van der Waals surface area contributed by atoms with Gasteiger partial charge in [-0.1, -0.05) is 26.2 Å². The first kappa shape index (κ1) is 12.8. The summed E-state index contributed by atoms with van der Waals surface area (Å²) >= 11 is 4.41. The predicted molar refractivity (Wildman–Crippen MR) is 54.4 cm³/mol. The van der Waals surface area contributed by atoms with Crippen molar-refractivity contribution in [2.24, 2.45) is 4.99 Å². The van der Waals surface area contributed by atoms with Crippen molar-refractivity contribution in [3.05, 3.63) is 0 Å². The summed E-state index contributed by atoms with van der Waals surface area (Å²) in [5.74, 6) is 0. The van der Waals surface area contributed by atoms with E-state index in [4.69, 9.17) is 0 Å². The van der Waals surface area contributed by atoms with Gasteiger partial charge < -0.3 is 0 Å². The molecule has 3 heteroatoms. The zero-order chi connectivity index (χ0) is 6.95. The van der Waals surface area contributed by atoms with E-state index in [1.165, 1.54) is 19.3 Å². The van der Waals surface area contributed by atoms with Crippen molar-refractivity contribution < 1.29 is 0 Å². The molecule has 10 heavy (non-hydrogen) atoms. The highest BCUT2D eigenvalue weighted by Gasteiger charge is 1.82. The largest absolute Gasteiger partial charge is 0.233 e. The van der Waals surface area contributed by atoms with E-state index in [1.54, 1.807) is 0 Å². The highest BCUT2D eigenvalue weighted by atomic mass is 32.1. The van der Waals surface area contributed by atoms with Crippen molar-refractivity contribution in [2.75, 3.05) is 6.54 Å². The molecule has 0 aromatic carbocycles. The minimum absolute atomic E-state index is 0. The topological polar surface area (TPSA) is 12.4 Å². The van der Waals surface area contributed by atoms with Crippen molar-refractivity contribution in [3.63, 3.8) is 0 Å². The second kappa shape index (κ2) is 11.9. The maximum absolute atomic E-state index is 4.41. The first-order valence-electron chi connectivity index (χ1n) is 3.45. The Balaban J connectivity index is 0. The van der Waals surface area contributed by atoms with E-state index in [0.717, 1.165) is 13.0 Å². The molecular weight excluding hydrogens is 162 g/mol. The summed E-state index contributed by atoms with van der Waals surface area (Å²) in [7, 11) is 0. The summed E-state index contributed by atoms with van der Waals surface area (Å²) < 4.78 is 0. The van der Waals surface area contributed by atoms with Crippen LogP contribution in [-0.2, 0) is 0 Å². The van der Waals surface area contributed by atoms with Gasteiger partial charge in [0, 0.05) is 6.54 Å². The third-order valence-corrected chi connectivity index (χ3v) is 1.32. The number of thiocarbonyl (C=S) groups is 1. The number of unbranched alkanes of at least 4 members (excludes halogenated alkanes) is 3. The molecule has 0 N–H and O–H groups in total. The van der Waals surface area contributed by atoms with E-state index in [2.05, 4.69) is 29.3 Å². The van der Waals surface area contributed by atoms with Gasteiger partial charge in [0.2, 0.25) is 0 Å². The van der Waals surface area contributed by atoms with Crippen LogP contribution in [0, 0.1) is 0 Å². The molecule has 0 aliphatic rings. The average Bonchev–Trinajstić information content (AvgIpc) is 1.89. The van der Waals surface area contributed by atoms with Crippen LogP contribution in [0.4, 0.5) is 0 Å². The minimum Gasteiger partial charge on any atom is -0.233 e. The highest BCUT2D eigenvalue weighted by molar-refractivity contribution is 7.78. The molecule has 0 unspecified atom stereocenters. The third-order valence-electron chi connectivity index (χ3n) is 1.19. The number of aliphatic imine (C=N–C) groups is 1. The van der Waals surface area contributed by atoms with Crippen molar-refractivity contribution >= 4 is 30.9 Å². The molecule has 0 heterocycles. The van der Waals surface area contributed by atoms with Gasteiger partial charge in [0.15, 0.2) is 0 Å². The number of hydrogen-bond donors (Lipinski definition) is 0. The summed E-state index contributed by atoms with van der Waals surface area (Å²) in [6.45, 7) is 3.06.